The molecule has 1 aliphatic heterocycles. The number of benzene rings is 1. The van der Waals surface area contributed by atoms with E-state index < -0.39 is 17.7 Å². The molecule has 1 saturated carbocycles. The molecule has 0 aromatic heterocycles. The molecular weight excluding hydrogens is 376 g/mol. The average Bonchev–Trinajstić information content (AvgIpc) is 2.68. The summed E-state index contributed by atoms with van der Waals surface area (Å²) < 4.78 is 5.62. The highest BCUT2D eigenvalue weighted by Crippen LogP contribution is 2.34. The van der Waals surface area contributed by atoms with Crippen molar-refractivity contribution in [2.75, 3.05) is 0 Å². The molecule has 1 fully saturated rings. The van der Waals surface area contributed by atoms with Crippen LogP contribution in [0.15, 0.2) is 36.4 Å². The number of nitrogens with one attached hydrogen (secondary N) is 1. The summed E-state index contributed by atoms with van der Waals surface area (Å²) in [6, 6.07) is 7.36. The van der Waals surface area contributed by atoms with E-state index in [2.05, 4.69) is 25.7 Å². The largest absolute Gasteiger partial charge is 0.444 e. The maximum Gasteiger partial charge on any atom is 0.411 e. The van der Waals surface area contributed by atoms with E-state index in [9.17, 15) is 9.59 Å². The molecule has 1 N–H and O–H groups in total. The summed E-state index contributed by atoms with van der Waals surface area (Å²) in [6.07, 6.45) is 3.22. The lowest BCUT2D eigenvalue weighted by Gasteiger charge is -2.40. The Balaban J connectivity index is 1.80. The summed E-state index contributed by atoms with van der Waals surface area (Å²) in [5, 5.41) is 3.22. The van der Waals surface area contributed by atoms with Crippen molar-refractivity contribution in [3.63, 3.8) is 0 Å². The van der Waals surface area contributed by atoms with Crippen LogP contribution in [0.3, 0.4) is 0 Å². The van der Waals surface area contributed by atoms with E-state index in [0.717, 1.165) is 36.0 Å². The zero-order valence-electron chi connectivity index (χ0n) is 19.0. The Hall–Kier alpha value is -2.30. The van der Waals surface area contributed by atoms with E-state index in [1.54, 1.807) is 4.90 Å². The number of amides is 2. The average molecular weight is 413 g/mol. The summed E-state index contributed by atoms with van der Waals surface area (Å²) in [7, 11) is 0. The van der Waals surface area contributed by atoms with Crippen LogP contribution in [-0.4, -0.2) is 34.6 Å². The summed E-state index contributed by atoms with van der Waals surface area (Å²) in [5.74, 6) is 0.856. The zero-order valence-corrected chi connectivity index (χ0v) is 19.0. The van der Waals surface area contributed by atoms with E-state index in [0.29, 0.717) is 24.8 Å². The SMILES string of the molecule is C=C1CC(CC)CC(C)C1NC(=O)[C@H]1Cc2ccccc2CN1C(=O)OC(C)(C)C. The first-order chi connectivity index (χ1) is 14.1. The minimum atomic E-state index is -0.615. The van der Waals surface area contributed by atoms with Gasteiger partial charge < -0.3 is 10.1 Å². The van der Waals surface area contributed by atoms with Crippen LogP contribution in [0.2, 0.25) is 0 Å². The molecular formula is C25H36N2O3. The first-order valence-corrected chi connectivity index (χ1v) is 11.1. The van der Waals surface area contributed by atoms with Gasteiger partial charge in [-0.1, -0.05) is 56.7 Å². The van der Waals surface area contributed by atoms with Crippen LogP contribution in [0.4, 0.5) is 4.79 Å². The van der Waals surface area contributed by atoms with Gasteiger partial charge in [0.1, 0.15) is 11.6 Å². The van der Waals surface area contributed by atoms with Crippen LogP contribution in [0.1, 0.15) is 65.0 Å². The normalized spacial score (nSPS) is 26.7. The second-order valence-corrected chi connectivity index (χ2v) is 9.93. The molecule has 4 atom stereocenters. The van der Waals surface area contributed by atoms with Crippen molar-refractivity contribution in [1.82, 2.24) is 10.2 Å². The second kappa shape index (κ2) is 8.83. The number of ether oxygens (including phenoxy) is 1. The molecule has 30 heavy (non-hydrogen) atoms. The Bertz CT molecular complexity index is 811. The van der Waals surface area contributed by atoms with E-state index in [1.165, 1.54) is 0 Å². The van der Waals surface area contributed by atoms with Gasteiger partial charge in [0.05, 0.1) is 12.6 Å². The van der Waals surface area contributed by atoms with Crippen LogP contribution in [0.5, 0.6) is 0 Å². The summed E-state index contributed by atoms with van der Waals surface area (Å²) in [5.41, 5.74) is 2.65. The predicted molar refractivity (Wildman–Crippen MR) is 119 cm³/mol. The summed E-state index contributed by atoms with van der Waals surface area (Å²) in [6.45, 7) is 14.6. The Morgan fingerprint density at radius 3 is 2.47 bits per heavy atom. The molecule has 2 amide bonds. The topological polar surface area (TPSA) is 58.6 Å². The van der Waals surface area contributed by atoms with Gasteiger partial charge in [-0.25, -0.2) is 4.79 Å². The lowest BCUT2D eigenvalue weighted by atomic mass is 9.75. The van der Waals surface area contributed by atoms with Crippen molar-refractivity contribution < 1.29 is 14.3 Å². The van der Waals surface area contributed by atoms with Gasteiger partial charge in [0.15, 0.2) is 0 Å². The molecule has 0 saturated heterocycles. The molecule has 0 bridgehead atoms. The third-order valence-electron chi connectivity index (χ3n) is 6.32. The summed E-state index contributed by atoms with van der Waals surface area (Å²) >= 11 is 0. The molecule has 3 unspecified atom stereocenters. The Kier molecular flexibility index (Phi) is 6.59. The number of hydrogen-bond donors (Lipinski definition) is 1. The lowest BCUT2D eigenvalue weighted by Crippen LogP contribution is -2.56. The highest BCUT2D eigenvalue weighted by Gasteiger charge is 2.39. The number of carbonyl (C=O) groups excluding carboxylic acids is 2. The maximum atomic E-state index is 13.4. The molecule has 164 valence electrons. The highest BCUT2D eigenvalue weighted by molar-refractivity contribution is 5.87. The van der Waals surface area contributed by atoms with Gasteiger partial charge in [-0.05, 0) is 56.6 Å². The Morgan fingerprint density at radius 1 is 1.20 bits per heavy atom. The van der Waals surface area contributed by atoms with Gasteiger partial charge in [-0.15, -0.1) is 0 Å². The van der Waals surface area contributed by atoms with Crippen molar-refractivity contribution in [3.05, 3.63) is 47.5 Å². The first kappa shape index (κ1) is 22.4. The van der Waals surface area contributed by atoms with Crippen molar-refractivity contribution in [3.8, 4) is 0 Å². The zero-order chi connectivity index (χ0) is 22.1. The van der Waals surface area contributed by atoms with E-state index in [-0.39, 0.29) is 11.9 Å². The number of fused-ring (bicyclic) bond motifs is 1. The molecule has 5 heteroatoms. The standard InChI is InChI=1S/C25H36N2O3/c1-7-18-12-16(2)22(17(3)13-18)26-23(28)21-14-19-10-8-9-11-20(19)15-27(21)24(29)30-25(4,5)6/h8-11,17-18,21-22H,2,7,12-15H2,1,3-6H3,(H,26,28)/t17?,18?,21-,22?/m1/s1. The van der Waals surface area contributed by atoms with Gasteiger partial charge in [0.25, 0.3) is 0 Å². The fraction of sp³-hybridized carbons (Fsp3) is 0.600. The molecule has 1 aromatic carbocycles. The third kappa shape index (κ3) is 5.05. The molecule has 1 aliphatic carbocycles. The van der Waals surface area contributed by atoms with Crippen molar-refractivity contribution in [1.29, 1.82) is 0 Å². The minimum Gasteiger partial charge on any atom is -0.444 e. The van der Waals surface area contributed by atoms with Crippen LogP contribution < -0.4 is 5.32 Å². The van der Waals surface area contributed by atoms with Crippen LogP contribution >= 0.6 is 0 Å². The van der Waals surface area contributed by atoms with E-state index in [1.807, 2.05) is 45.0 Å². The summed E-state index contributed by atoms with van der Waals surface area (Å²) in [4.78, 5) is 27.9. The molecule has 0 spiro atoms. The number of nitrogens with zero attached hydrogens (tertiary/aromatic N) is 1. The van der Waals surface area contributed by atoms with Gasteiger partial charge in [0.2, 0.25) is 5.91 Å². The van der Waals surface area contributed by atoms with Gasteiger partial charge in [0, 0.05) is 6.42 Å². The van der Waals surface area contributed by atoms with Crippen molar-refractivity contribution >= 4 is 12.0 Å². The molecule has 1 aromatic rings. The Morgan fingerprint density at radius 2 is 1.87 bits per heavy atom. The first-order valence-electron chi connectivity index (χ1n) is 11.1. The van der Waals surface area contributed by atoms with Gasteiger partial charge >= 0.3 is 6.09 Å². The predicted octanol–water partition coefficient (Wildman–Crippen LogP) is 4.85. The third-order valence-corrected chi connectivity index (χ3v) is 6.32. The second-order valence-electron chi connectivity index (χ2n) is 9.93. The van der Waals surface area contributed by atoms with Crippen molar-refractivity contribution in [2.45, 2.75) is 84.5 Å². The smallest absolute Gasteiger partial charge is 0.411 e. The molecule has 5 nitrogen and oxygen atoms in total. The molecule has 3 rings (SSSR count). The molecule has 1 heterocycles. The van der Waals surface area contributed by atoms with E-state index >= 15 is 0 Å². The monoisotopic (exact) mass is 412 g/mol. The van der Waals surface area contributed by atoms with Crippen LogP contribution in [-0.2, 0) is 22.5 Å². The van der Waals surface area contributed by atoms with Gasteiger partial charge in [-0.3, -0.25) is 9.69 Å². The minimum absolute atomic E-state index is 0.0436. The highest BCUT2D eigenvalue weighted by atomic mass is 16.6. The fourth-order valence-electron chi connectivity index (χ4n) is 4.72. The fourth-order valence-corrected chi connectivity index (χ4v) is 4.72. The maximum absolute atomic E-state index is 13.4. The lowest BCUT2D eigenvalue weighted by molar-refractivity contribution is -0.128. The van der Waals surface area contributed by atoms with Gasteiger partial charge in [-0.2, -0.15) is 0 Å². The Labute approximate surface area is 180 Å². The quantitative estimate of drug-likeness (QED) is 0.722. The number of rotatable bonds is 3. The van der Waals surface area contributed by atoms with Crippen molar-refractivity contribution in [2.24, 2.45) is 11.8 Å². The number of carbonyl (C=O) groups is 2. The van der Waals surface area contributed by atoms with Crippen LogP contribution in [0.25, 0.3) is 0 Å². The molecule has 2 aliphatic rings. The van der Waals surface area contributed by atoms with E-state index in [4.69, 9.17) is 4.74 Å². The number of hydrogen-bond acceptors (Lipinski definition) is 3. The van der Waals surface area contributed by atoms with Crippen LogP contribution in [0, 0.1) is 11.8 Å². The molecule has 0 radical (unpaired) electrons.